The van der Waals surface area contributed by atoms with E-state index in [-0.39, 0.29) is 17.2 Å². The van der Waals surface area contributed by atoms with Crippen LogP contribution in [-0.2, 0) is 4.79 Å². The third kappa shape index (κ3) is 2.46. The summed E-state index contributed by atoms with van der Waals surface area (Å²) in [6, 6.07) is 2.88. The van der Waals surface area contributed by atoms with Crippen molar-refractivity contribution in [3.05, 3.63) is 23.3 Å². The Bertz CT molecular complexity index is 427. The number of nitrogen functional groups attached to an aromatic ring is 1. The van der Waals surface area contributed by atoms with Crippen molar-refractivity contribution in [3.8, 4) is 0 Å². The topological polar surface area (TPSA) is 92.4 Å². The number of nitrogens with one attached hydrogen (secondary N) is 1. The third-order valence-corrected chi connectivity index (χ3v) is 1.94. The Hall–Kier alpha value is -2.04. The highest BCUT2D eigenvalue weighted by molar-refractivity contribution is 5.97. The van der Waals surface area contributed by atoms with Crippen LogP contribution in [0.5, 0.6) is 0 Å². The van der Waals surface area contributed by atoms with Crippen molar-refractivity contribution in [1.29, 1.82) is 0 Å². The van der Waals surface area contributed by atoms with E-state index in [4.69, 9.17) is 10.8 Å². The molecular formula is C10H12N2O3. The van der Waals surface area contributed by atoms with Crippen molar-refractivity contribution in [1.82, 2.24) is 0 Å². The van der Waals surface area contributed by atoms with E-state index in [1.807, 2.05) is 0 Å². The molecular weight excluding hydrogens is 196 g/mol. The Balaban J connectivity index is 3.23. The number of rotatable bonds is 2. The van der Waals surface area contributed by atoms with E-state index in [2.05, 4.69) is 5.32 Å². The molecule has 5 heteroatoms. The summed E-state index contributed by atoms with van der Waals surface area (Å²) in [5.74, 6) is -1.36. The number of aromatic carboxylic acids is 1. The first-order chi connectivity index (χ1) is 6.91. The molecule has 4 N–H and O–H groups in total. The van der Waals surface area contributed by atoms with Gasteiger partial charge in [0.1, 0.15) is 0 Å². The Morgan fingerprint density at radius 1 is 1.40 bits per heavy atom. The van der Waals surface area contributed by atoms with Gasteiger partial charge in [0.2, 0.25) is 5.91 Å². The molecule has 0 spiro atoms. The molecule has 80 valence electrons. The predicted octanol–water partition coefficient (Wildman–Crippen LogP) is 1.23. The van der Waals surface area contributed by atoms with E-state index in [9.17, 15) is 9.59 Å². The number of nitrogens with two attached hydrogens (primary N) is 1. The molecule has 0 saturated carbocycles. The van der Waals surface area contributed by atoms with Crippen LogP contribution in [0.15, 0.2) is 12.1 Å². The van der Waals surface area contributed by atoms with Crippen molar-refractivity contribution in [2.24, 2.45) is 0 Å². The van der Waals surface area contributed by atoms with Crippen LogP contribution in [0.1, 0.15) is 22.8 Å². The van der Waals surface area contributed by atoms with Gasteiger partial charge in [0.05, 0.1) is 5.56 Å². The van der Waals surface area contributed by atoms with Crippen molar-refractivity contribution in [2.45, 2.75) is 13.8 Å². The lowest BCUT2D eigenvalue weighted by Crippen LogP contribution is -2.10. The second-order valence-electron chi connectivity index (χ2n) is 3.24. The first kappa shape index (κ1) is 11.0. The molecule has 1 aromatic carbocycles. The molecule has 0 unspecified atom stereocenters. The van der Waals surface area contributed by atoms with Crippen LogP contribution in [-0.4, -0.2) is 17.0 Å². The molecule has 1 aromatic rings. The van der Waals surface area contributed by atoms with Crippen molar-refractivity contribution in [3.63, 3.8) is 0 Å². The zero-order valence-corrected chi connectivity index (χ0v) is 8.50. The molecule has 0 aromatic heterocycles. The molecule has 15 heavy (non-hydrogen) atoms. The van der Waals surface area contributed by atoms with Crippen LogP contribution in [0.2, 0.25) is 0 Å². The molecule has 0 saturated heterocycles. The Kier molecular flexibility index (Phi) is 2.94. The Morgan fingerprint density at radius 3 is 2.47 bits per heavy atom. The number of hydrogen-bond donors (Lipinski definition) is 3. The average Bonchev–Trinajstić information content (AvgIpc) is 2.08. The molecule has 0 aliphatic heterocycles. The SMILES string of the molecule is CC(=O)Nc1cc(C(=O)O)c(N)cc1C. The Morgan fingerprint density at radius 2 is 2.00 bits per heavy atom. The fourth-order valence-electron chi connectivity index (χ4n) is 1.24. The minimum absolute atomic E-state index is 0.00986. The standard InChI is InChI=1S/C10H12N2O3/c1-5-3-8(11)7(10(14)15)4-9(5)12-6(2)13/h3-4H,11H2,1-2H3,(H,12,13)(H,14,15). The highest BCUT2D eigenvalue weighted by Crippen LogP contribution is 2.22. The van der Waals surface area contributed by atoms with Crippen LogP contribution in [0.4, 0.5) is 11.4 Å². The van der Waals surface area contributed by atoms with Gasteiger partial charge in [-0.05, 0) is 24.6 Å². The predicted molar refractivity (Wildman–Crippen MR) is 56.9 cm³/mol. The van der Waals surface area contributed by atoms with Gasteiger partial charge in [0.15, 0.2) is 0 Å². The summed E-state index contributed by atoms with van der Waals surface area (Å²) in [5.41, 5.74) is 6.90. The van der Waals surface area contributed by atoms with Gasteiger partial charge in [0, 0.05) is 18.3 Å². The molecule has 0 atom stereocenters. The molecule has 0 bridgehead atoms. The number of benzene rings is 1. The molecule has 1 rings (SSSR count). The maximum atomic E-state index is 10.8. The summed E-state index contributed by atoms with van der Waals surface area (Å²) in [7, 11) is 0. The van der Waals surface area contributed by atoms with E-state index in [0.717, 1.165) is 5.56 Å². The molecule has 0 aliphatic rings. The lowest BCUT2D eigenvalue weighted by Gasteiger charge is -2.09. The number of carboxylic acid groups (broad SMARTS) is 1. The van der Waals surface area contributed by atoms with Gasteiger partial charge >= 0.3 is 5.97 Å². The number of carboxylic acids is 1. The second kappa shape index (κ2) is 4.00. The van der Waals surface area contributed by atoms with Gasteiger partial charge in [-0.2, -0.15) is 0 Å². The van der Waals surface area contributed by atoms with E-state index < -0.39 is 5.97 Å². The number of amides is 1. The minimum atomic E-state index is -1.11. The summed E-state index contributed by atoms with van der Waals surface area (Å²) >= 11 is 0. The van der Waals surface area contributed by atoms with Gasteiger partial charge in [-0.1, -0.05) is 0 Å². The summed E-state index contributed by atoms with van der Waals surface area (Å²) in [4.78, 5) is 21.6. The number of anilines is 2. The van der Waals surface area contributed by atoms with E-state index >= 15 is 0 Å². The third-order valence-electron chi connectivity index (χ3n) is 1.94. The van der Waals surface area contributed by atoms with Crippen molar-refractivity contribution in [2.75, 3.05) is 11.1 Å². The quantitative estimate of drug-likeness (QED) is 0.637. The zero-order valence-electron chi connectivity index (χ0n) is 8.50. The van der Waals surface area contributed by atoms with Gasteiger partial charge in [-0.15, -0.1) is 0 Å². The number of carbonyl (C=O) groups is 2. The fourth-order valence-corrected chi connectivity index (χ4v) is 1.24. The number of carbonyl (C=O) groups excluding carboxylic acids is 1. The maximum Gasteiger partial charge on any atom is 0.337 e. The van der Waals surface area contributed by atoms with E-state index in [0.29, 0.717) is 5.69 Å². The monoisotopic (exact) mass is 208 g/mol. The summed E-state index contributed by atoms with van der Waals surface area (Å²) < 4.78 is 0. The molecule has 5 nitrogen and oxygen atoms in total. The van der Waals surface area contributed by atoms with E-state index in [1.165, 1.54) is 19.1 Å². The summed E-state index contributed by atoms with van der Waals surface area (Å²) in [6.07, 6.45) is 0. The summed E-state index contributed by atoms with van der Waals surface area (Å²) in [5, 5.41) is 11.4. The number of hydrogen-bond acceptors (Lipinski definition) is 3. The van der Waals surface area contributed by atoms with Crippen molar-refractivity contribution >= 4 is 23.3 Å². The minimum Gasteiger partial charge on any atom is -0.478 e. The lowest BCUT2D eigenvalue weighted by atomic mass is 10.1. The largest absolute Gasteiger partial charge is 0.478 e. The van der Waals surface area contributed by atoms with Gasteiger partial charge in [0.25, 0.3) is 0 Å². The van der Waals surface area contributed by atoms with Crippen LogP contribution in [0.3, 0.4) is 0 Å². The first-order valence-corrected chi connectivity index (χ1v) is 4.33. The molecule has 0 heterocycles. The highest BCUT2D eigenvalue weighted by atomic mass is 16.4. The Labute approximate surface area is 86.9 Å². The first-order valence-electron chi connectivity index (χ1n) is 4.33. The van der Waals surface area contributed by atoms with Gasteiger partial charge in [-0.3, -0.25) is 4.79 Å². The maximum absolute atomic E-state index is 10.8. The van der Waals surface area contributed by atoms with Crippen LogP contribution in [0.25, 0.3) is 0 Å². The van der Waals surface area contributed by atoms with E-state index in [1.54, 1.807) is 6.92 Å². The zero-order chi connectivity index (χ0) is 11.6. The van der Waals surface area contributed by atoms with Crippen molar-refractivity contribution < 1.29 is 14.7 Å². The second-order valence-corrected chi connectivity index (χ2v) is 3.24. The number of aryl methyl sites for hydroxylation is 1. The summed E-state index contributed by atoms with van der Waals surface area (Å²) in [6.45, 7) is 3.10. The van der Waals surface area contributed by atoms with Crippen LogP contribution < -0.4 is 11.1 Å². The smallest absolute Gasteiger partial charge is 0.337 e. The average molecular weight is 208 g/mol. The van der Waals surface area contributed by atoms with Crippen LogP contribution >= 0.6 is 0 Å². The normalized spacial score (nSPS) is 9.73. The lowest BCUT2D eigenvalue weighted by molar-refractivity contribution is -0.114. The molecule has 0 radical (unpaired) electrons. The molecule has 1 amide bonds. The molecule has 0 aliphatic carbocycles. The molecule has 0 fully saturated rings. The highest BCUT2D eigenvalue weighted by Gasteiger charge is 2.11. The van der Waals surface area contributed by atoms with Crippen LogP contribution in [0, 0.1) is 6.92 Å². The van der Waals surface area contributed by atoms with Gasteiger partial charge < -0.3 is 16.2 Å². The fraction of sp³-hybridized carbons (Fsp3) is 0.200. The van der Waals surface area contributed by atoms with Gasteiger partial charge in [-0.25, -0.2) is 4.79 Å².